The minimum Gasteiger partial charge on any atom is -0.309 e. The molecule has 4 saturated carbocycles. The van der Waals surface area contributed by atoms with Crippen LogP contribution in [0.5, 0.6) is 0 Å². The Morgan fingerprint density at radius 3 is 2.33 bits per heavy atom. The number of nitrogens with zero attached hydrogens (tertiary/aromatic N) is 3. The number of rotatable bonds is 6. The molecule has 0 N–H and O–H groups in total. The molecule has 4 aliphatic rings. The molecule has 0 radical (unpaired) electrons. The van der Waals surface area contributed by atoms with Crippen LogP contribution in [0, 0.1) is 23.2 Å². The first-order valence-corrected chi connectivity index (χ1v) is 11.2. The number of Topliss-reactive ketones (excluding diaryl/α,β-unsaturated/α-hetero) is 1. The molecule has 0 unspecified atom stereocenters. The predicted molar refractivity (Wildman–Crippen MR) is 107 cm³/mol. The summed E-state index contributed by atoms with van der Waals surface area (Å²) in [6, 6.07) is 10.3. The van der Waals surface area contributed by atoms with Crippen LogP contribution in [-0.2, 0) is 18.3 Å². The first-order valence-electron chi connectivity index (χ1n) is 10.2. The summed E-state index contributed by atoms with van der Waals surface area (Å²) in [6.45, 7) is 0. The Morgan fingerprint density at radius 2 is 1.70 bits per heavy atom. The maximum absolute atomic E-state index is 13.2. The van der Waals surface area contributed by atoms with Gasteiger partial charge in [-0.25, -0.2) is 0 Å². The number of hydrogen-bond acceptors (Lipinski definition) is 4. The average Bonchev–Trinajstić information content (AvgIpc) is 2.99. The Bertz CT molecular complexity index is 809. The normalized spacial score (nSPS) is 31.4. The minimum absolute atomic E-state index is 0.00673. The summed E-state index contributed by atoms with van der Waals surface area (Å²) >= 11 is 1.58. The van der Waals surface area contributed by atoms with Crippen LogP contribution in [0.1, 0.15) is 49.9 Å². The fourth-order valence-electron chi connectivity index (χ4n) is 6.14. The number of aromatic nitrogens is 3. The molecule has 0 saturated heterocycles. The third-order valence-corrected chi connectivity index (χ3v) is 8.11. The number of hydrogen-bond donors (Lipinski definition) is 0. The number of carbonyl (C=O) groups is 1. The molecule has 4 bridgehead atoms. The minimum atomic E-state index is -0.00673. The second-order valence-corrected chi connectivity index (χ2v) is 9.97. The van der Waals surface area contributed by atoms with Crippen molar-refractivity contribution < 1.29 is 4.79 Å². The van der Waals surface area contributed by atoms with Crippen molar-refractivity contribution in [1.82, 2.24) is 14.8 Å². The number of carbonyl (C=O) groups excluding carboxylic acids is 1. The van der Waals surface area contributed by atoms with Crippen molar-refractivity contribution >= 4 is 17.5 Å². The van der Waals surface area contributed by atoms with E-state index in [-0.39, 0.29) is 5.41 Å². The Labute approximate surface area is 165 Å². The maximum atomic E-state index is 13.2. The molecule has 5 heteroatoms. The van der Waals surface area contributed by atoms with E-state index in [0.717, 1.165) is 54.4 Å². The molecule has 142 valence electrons. The fourth-order valence-corrected chi connectivity index (χ4v) is 7.10. The van der Waals surface area contributed by atoms with E-state index in [1.807, 2.05) is 29.8 Å². The van der Waals surface area contributed by atoms with Crippen molar-refractivity contribution in [3.8, 4) is 0 Å². The summed E-state index contributed by atoms with van der Waals surface area (Å²) in [6.07, 6.45) is 8.36. The third kappa shape index (κ3) is 3.24. The van der Waals surface area contributed by atoms with Crippen LogP contribution in [-0.4, -0.2) is 26.3 Å². The molecule has 2 aromatic rings. The van der Waals surface area contributed by atoms with Gasteiger partial charge in [0.1, 0.15) is 11.6 Å². The molecule has 4 aliphatic carbocycles. The smallest absolute Gasteiger partial charge is 0.191 e. The molecular weight excluding hydrogens is 354 g/mol. The van der Waals surface area contributed by atoms with E-state index >= 15 is 0 Å². The van der Waals surface area contributed by atoms with Gasteiger partial charge in [-0.2, -0.15) is 0 Å². The van der Waals surface area contributed by atoms with Gasteiger partial charge < -0.3 is 4.57 Å². The quantitative estimate of drug-likeness (QED) is 0.701. The van der Waals surface area contributed by atoms with E-state index in [4.69, 9.17) is 0 Å². The third-order valence-electron chi connectivity index (χ3n) is 7.09. The fraction of sp³-hybridized carbons (Fsp3) is 0.591. The maximum Gasteiger partial charge on any atom is 0.191 e. The second-order valence-electron chi connectivity index (χ2n) is 9.03. The highest BCUT2D eigenvalue weighted by Gasteiger charge is 2.54. The average molecular weight is 382 g/mol. The largest absolute Gasteiger partial charge is 0.309 e. The first-order chi connectivity index (χ1) is 13.1. The number of benzene rings is 1. The van der Waals surface area contributed by atoms with Crippen molar-refractivity contribution in [2.24, 2.45) is 30.2 Å². The van der Waals surface area contributed by atoms with Gasteiger partial charge in [0.25, 0.3) is 0 Å². The lowest BCUT2D eigenvalue weighted by Crippen LogP contribution is -2.50. The monoisotopic (exact) mass is 381 g/mol. The number of ketones is 1. The molecule has 1 heterocycles. The van der Waals surface area contributed by atoms with E-state index in [1.54, 1.807) is 11.8 Å². The highest BCUT2D eigenvalue weighted by Crippen LogP contribution is 2.60. The van der Waals surface area contributed by atoms with Crippen LogP contribution in [0.4, 0.5) is 0 Å². The van der Waals surface area contributed by atoms with Gasteiger partial charge in [0.05, 0.1) is 5.75 Å². The molecule has 27 heavy (non-hydrogen) atoms. The van der Waals surface area contributed by atoms with Crippen LogP contribution < -0.4 is 0 Å². The van der Waals surface area contributed by atoms with Crippen molar-refractivity contribution in [3.63, 3.8) is 0 Å². The summed E-state index contributed by atoms with van der Waals surface area (Å²) in [7, 11) is 2.01. The molecule has 0 amide bonds. The summed E-state index contributed by atoms with van der Waals surface area (Å²) in [5.74, 6) is 4.42. The van der Waals surface area contributed by atoms with Gasteiger partial charge in [-0.3, -0.25) is 4.79 Å². The van der Waals surface area contributed by atoms with E-state index in [0.29, 0.717) is 11.5 Å². The molecule has 0 aliphatic heterocycles. The summed E-state index contributed by atoms with van der Waals surface area (Å²) in [4.78, 5) is 13.2. The zero-order chi connectivity index (χ0) is 18.4. The molecule has 4 nitrogen and oxygen atoms in total. The van der Waals surface area contributed by atoms with Crippen molar-refractivity contribution in [2.45, 2.75) is 50.1 Å². The van der Waals surface area contributed by atoms with Crippen LogP contribution in [0.25, 0.3) is 0 Å². The second kappa shape index (κ2) is 6.77. The van der Waals surface area contributed by atoms with Crippen LogP contribution in [0.2, 0.25) is 0 Å². The van der Waals surface area contributed by atoms with Gasteiger partial charge in [0, 0.05) is 18.9 Å². The highest BCUT2D eigenvalue weighted by molar-refractivity contribution is 7.99. The first kappa shape index (κ1) is 17.5. The van der Waals surface area contributed by atoms with Crippen molar-refractivity contribution in [2.75, 3.05) is 5.75 Å². The standard InChI is InChI=1S/C22H27N3OS/c1-25-20(10-15-5-3-2-4-6-15)23-24-21(25)27-14-19(26)22-11-16-7-17(12-22)9-18(8-16)13-22/h2-6,16-18H,7-14H2,1H3. The predicted octanol–water partition coefficient (Wildman–Crippen LogP) is 4.28. The van der Waals surface area contributed by atoms with Gasteiger partial charge in [0.2, 0.25) is 0 Å². The zero-order valence-electron chi connectivity index (χ0n) is 15.9. The van der Waals surface area contributed by atoms with E-state index < -0.39 is 0 Å². The van der Waals surface area contributed by atoms with Gasteiger partial charge in [0.15, 0.2) is 5.16 Å². The lowest BCUT2D eigenvalue weighted by atomic mass is 9.48. The Hall–Kier alpha value is -1.62. The Balaban J connectivity index is 1.25. The molecular formula is C22H27N3OS. The van der Waals surface area contributed by atoms with Crippen LogP contribution in [0.15, 0.2) is 35.5 Å². The summed E-state index contributed by atoms with van der Waals surface area (Å²) < 4.78 is 2.05. The zero-order valence-corrected chi connectivity index (χ0v) is 16.8. The van der Waals surface area contributed by atoms with Gasteiger partial charge in [-0.05, 0) is 61.8 Å². The summed E-state index contributed by atoms with van der Waals surface area (Å²) in [5, 5.41) is 9.58. The van der Waals surface area contributed by atoms with E-state index in [9.17, 15) is 4.79 Å². The molecule has 1 aromatic heterocycles. The van der Waals surface area contributed by atoms with Crippen molar-refractivity contribution in [1.29, 1.82) is 0 Å². The SMILES string of the molecule is Cn1c(Cc2ccccc2)nnc1SCC(=O)C12CC3CC(CC(C3)C1)C2. The lowest BCUT2D eigenvalue weighted by molar-refractivity contribution is -0.141. The highest BCUT2D eigenvalue weighted by atomic mass is 32.2. The molecule has 6 rings (SSSR count). The molecule has 0 atom stereocenters. The van der Waals surface area contributed by atoms with Gasteiger partial charge >= 0.3 is 0 Å². The molecule has 1 aromatic carbocycles. The summed E-state index contributed by atoms with van der Waals surface area (Å²) in [5.41, 5.74) is 1.22. The lowest BCUT2D eigenvalue weighted by Gasteiger charge is -2.56. The topological polar surface area (TPSA) is 47.8 Å². The van der Waals surface area contributed by atoms with Crippen LogP contribution in [0.3, 0.4) is 0 Å². The van der Waals surface area contributed by atoms with Gasteiger partial charge in [-0.15, -0.1) is 10.2 Å². The van der Waals surface area contributed by atoms with Gasteiger partial charge in [-0.1, -0.05) is 42.1 Å². The van der Waals surface area contributed by atoms with Crippen molar-refractivity contribution in [3.05, 3.63) is 41.7 Å². The van der Waals surface area contributed by atoms with E-state index in [2.05, 4.69) is 22.3 Å². The Morgan fingerprint density at radius 1 is 1.07 bits per heavy atom. The Kier molecular flexibility index (Phi) is 4.38. The number of thioether (sulfide) groups is 1. The van der Waals surface area contributed by atoms with Crippen LogP contribution >= 0.6 is 11.8 Å². The molecule has 4 fully saturated rings. The van der Waals surface area contributed by atoms with E-state index in [1.165, 1.54) is 24.8 Å². The molecule has 0 spiro atoms.